The molecule has 0 saturated heterocycles. The molecule has 0 aliphatic heterocycles. The highest BCUT2D eigenvalue weighted by atomic mass is 19.4. The van der Waals surface area contributed by atoms with Gasteiger partial charge in [-0.25, -0.2) is 4.79 Å². The van der Waals surface area contributed by atoms with Crippen molar-refractivity contribution in [3.63, 3.8) is 0 Å². The van der Waals surface area contributed by atoms with Gasteiger partial charge in [0.15, 0.2) is 0 Å². The van der Waals surface area contributed by atoms with E-state index < -0.39 is 29.4 Å². The van der Waals surface area contributed by atoms with Crippen molar-refractivity contribution in [3.8, 4) is 0 Å². The molecule has 0 spiro atoms. The van der Waals surface area contributed by atoms with Gasteiger partial charge in [-0.1, -0.05) is 0 Å². The average Bonchev–Trinajstić information content (AvgIpc) is 2.35. The summed E-state index contributed by atoms with van der Waals surface area (Å²) in [5, 5.41) is 0. The Bertz CT molecular complexity index is 537. The molecule has 0 radical (unpaired) electrons. The maximum Gasteiger partial charge on any atom is 0.416 e. The summed E-state index contributed by atoms with van der Waals surface area (Å²) in [6, 6.07) is 1.11. The molecule has 0 atom stereocenters. The topological polar surface area (TPSA) is 26.3 Å². The molecule has 0 amide bonds. The van der Waals surface area contributed by atoms with E-state index >= 15 is 0 Å². The minimum absolute atomic E-state index is 0.0227. The molecule has 0 aliphatic carbocycles. The number of allylic oxidation sites excluding steroid dienone is 1. The summed E-state index contributed by atoms with van der Waals surface area (Å²) in [5.74, 6) is -0.876. The SMILES string of the molecule is COC(=O)/C=C(\C)c1cc(C(F)(F)F)cc(C(F)(F)F)c1. The molecule has 0 saturated carbocycles. The van der Waals surface area contributed by atoms with Crippen LogP contribution in [0.25, 0.3) is 5.57 Å². The standard InChI is InChI=1S/C13H10F6O2/c1-7(3-11(20)21-2)8-4-9(12(14,15)16)6-10(5-8)13(17,18)19/h3-6H,1-2H3/b7-3+. The van der Waals surface area contributed by atoms with Crippen LogP contribution in [-0.2, 0) is 21.9 Å². The third kappa shape index (κ3) is 4.51. The van der Waals surface area contributed by atoms with Gasteiger partial charge in [-0.15, -0.1) is 0 Å². The summed E-state index contributed by atoms with van der Waals surface area (Å²) < 4.78 is 80.2. The van der Waals surface area contributed by atoms with Gasteiger partial charge < -0.3 is 4.74 Å². The van der Waals surface area contributed by atoms with Crippen molar-refractivity contribution >= 4 is 11.5 Å². The second-order valence-electron chi connectivity index (χ2n) is 4.15. The zero-order chi connectivity index (χ0) is 16.4. The van der Waals surface area contributed by atoms with Crippen LogP contribution in [0.3, 0.4) is 0 Å². The molecule has 0 unspecified atom stereocenters. The maximum atomic E-state index is 12.6. The molecule has 1 rings (SSSR count). The van der Waals surface area contributed by atoms with Gasteiger partial charge in [-0.05, 0) is 36.3 Å². The molecule has 116 valence electrons. The fraction of sp³-hybridized carbons (Fsp3) is 0.308. The molecule has 0 bridgehead atoms. The van der Waals surface area contributed by atoms with E-state index in [1.807, 2.05) is 0 Å². The van der Waals surface area contributed by atoms with Gasteiger partial charge >= 0.3 is 18.3 Å². The van der Waals surface area contributed by atoms with E-state index in [0.29, 0.717) is 12.1 Å². The molecule has 0 N–H and O–H groups in total. The van der Waals surface area contributed by atoms with Crippen LogP contribution in [0, 0.1) is 0 Å². The number of ether oxygens (including phenoxy) is 1. The maximum absolute atomic E-state index is 12.6. The quantitative estimate of drug-likeness (QED) is 0.462. The van der Waals surface area contributed by atoms with Crippen LogP contribution < -0.4 is 0 Å². The molecule has 1 aromatic carbocycles. The normalized spacial score (nSPS) is 13.2. The van der Waals surface area contributed by atoms with Gasteiger partial charge in [0.05, 0.1) is 18.2 Å². The number of esters is 1. The van der Waals surface area contributed by atoms with E-state index in [-0.39, 0.29) is 17.2 Å². The largest absolute Gasteiger partial charge is 0.466 e. The Labute approximate surface area is 116 Å². The summed E-state index contributed by atoms with van der Waals surface area (Å²) in [7, 11) is 1.04. The lowest BCUT2D eigenvalue weighted by molar-refractivity contribution is -0.143. The minimum Gasteiger partial charge on any atom is -0.466 e. The van der Waals surface area contributed by atoms with Crippen LogP contribution in [0.5, 0.6) is 0 Å². The summed E-state index contributed by atoms with van der Waals surface area (Å²) in [5.41, 5.74) is -3.31. The zero-order valence-corrected chi connectivity index (χ0v) is 10.9. The molecule has 21 heavy (non-hydrogen) atoms. The second-order valence-corrected chi connectivity index (χ2v) is 4.15. The Morgan fingerprint density at radius 1 is 1.00 bits per heavy atom. The van der Waals surface area contributed by atoms with Crippen LogP contribution in [0.4, 0.5) is 26.3 Å². The molecule has 0 fully saturated rings. The molecule has 1 aromatic rings. The van der Waals surface area contributed by atoms with Gasteiger partial charge in [-0.2, -0.15) is 26.3 Å². The zero-order valence-electron chi connectivity index (χ0n) is 10.9. The molecule has 8 heteroatoms. The summed E-state index contributed by atoms with van der Waals surface area (Å²) >= 11 is 0. The van der Waals surface area contributed by atoms with Crippen LogP contribution in [0.15, 0.2) is 24.3 Å². The lowest BCUT2D eigenvalue weighted by atomic mass is 10.00. The molecular formula is C13H10F6O2. The highest BCUT2D eigenvalue weighted by molar-refractivity contribution is 5.90. The number of alkyl halides is 6. The molecule has 0 aliphatic rings. The number of benzene rings is 1. The van der Waals surface area contributed by atoms with Crippen molar-refractivity contribution in [3.05, 3.63) is 41.0 Å². The van der Waals surface area contributed by atoms with Gasteiger partial charge in [0, 0.05) is 6.08 Å². The minimum atomic E-state index is -4.93. The third-order valence-corrected chi connectivity index (χ3v) is 2.58. The number of hydrogen-bond donors (Lipinski definition) is 0. The second kappa shape index (κ2) is 5.79. The van der Waals surface area contributed by atoms with Crippen LogP contribution in [0.1, 0.15) is 23.6 Å². The first-order valence-corrected chi connectivity index (χ1v) is 5.51. The number of hydrogen-bond acceptors (Lipinski definition) is 2. The van der Waals surface area contributed by atoms with E-state index in [0.717, 1.165) is 13.2 Å². The highest BCUT2D eigenvalue weighted by Gasteiger charge is 2.36. The fourth-order valence-electron chi connectivity index (χ4n) is 1.50. The van der Waals surface area contributed by atoms with Gasteiger partial charge in [0.1, 0.15) is 0 Å². The van der Waals surface area contributed by atoms with Gasteiger partial charge in [0.2, 0.25) is 0 Å². The first kappa shape index (κ1) is 17.1. The number of halogens is 6. The highest BCUT2D eigenvalue weighted by Crippen LogP contribution is 2.37. The number of methoxy groups -OCH3 is 1. The van der Waals surface area contributed by atoms with Crippen LogP contribution in [-0.4, -0.2) is 13.1 Å². The Kier molecular flexibility index (Phi) is 4.70. The number of rotatable bonds is 2. The lowest BCUT2D eigenvalue weighted by Gasteiger charge is -2.14. The lowest BCUT2D eigenvalue weighted by Crippen LogP contribution is -2.11. The monoisotopic (exact) mass is 312 g/mol. The Morgan fingerprint density at radius 3 is 1.76 bits per heavy atom. The van der Waals surface area contributed by atoms with Crippen molar-refractivity contribution in [2.24, 2.45) is 0 Å². The summed E-state index contributed by atoms with van der Waals surface area (Å²) in [4.78, 5) is 11.0. The van der Waals surface area contributed by atoms with Gasteiger partial charge in [-0.3, -0.25) is 0 Å². The average molecular weight is 312 g/mol. The predicted molar refractivity (Wildman–Crippen MR) is 62.1 cm³/mol. The van der Waals surface area contributed by atoms with Crippen LogP contribution >= 0.6 is 0 Å². The number of carbonyl (C=O) groups is 1. The van der Waals surface area contributed by atoms with Crippen molar-refractivity contribution < 1.29 is 35.9 Å². The molecular weight excluding hydrogens is 302 g/mol. The van der Waals surface area contributed by atoms with Crippen LogP contribution in [0.2, 0.25) is 0 Å². The Hall–Kier alpha value is -1.99. The van der Waals surface area contributed by atoms with Crippen molar-refractivity contribution in [2.45, 2.75) is 19.3 Å². The Morgan fingerprint density at radius 2 is 1.43 bits per heavy atom. The summed E-state index contributed by atoms with van der Waals surface area (Å²) in [6.45, 7) is 1.21. The van der Waals surface area contributed by atoms with E-state index in [1.165, 1.54) is 6.92 Å². The van der Waals surface area contributed by atoms with Crippen molar-refractivity contribution in [1.82, 2.24) is 0 Å². The van der Waals surface area contributed by atoms with Gasteiger partial charge in [0.25, 0.3) is 0 Å². The first-order chi connectivity index (χ1) is 9.45. The molecule has 0 aromatic heterocycles. The first-order valence-electron chi connectivity index (χ1n) is 5.51. The molecule has 0 heterocycles. The van der Waals surface area contributed by atoms with E-state index in [4.69, 9.17) is 0 Å². The van der Waals surface area contributed by atoms with Crippen molar-refractivity contribution in [2.75, 3.05) is 7.11 Å². The molecule has 2 nitrogen and oxygen atoms in total. The van der Waals surface area contributed by atoms with E-state index in [2.05, 4.69) is 4.74 Å². The summed E-state index contributed by atoms with van der Waals surface area (Å²) in [6.07, 6.45) is -9.04. The number of carbonyl (C=O) groups excluding carboxylic acids is 1. The Balaban J connectivity index is 3.46. The van der Waals surface area contributed by atoms with Crippen molar-refractivity contribution in [1.29, 1.82) is 0 Å². The smallest absolute Gasteiger partial charge is 0.416 e. The fourth-order valence-corrected chi connectivity index (χ4v) is 1.50. The van der Waals surface area contributed by atoms with E-state index in [1.54, 1.807) is 0 Å². The predicted octanol–water partition coefficient (Wildman–Crippen LogP) is 4.30. The third-order valence-electron chi connectivity index (χ3n) is 2.58. The van der Waals surface area contributed by atoms with E-state index in [9.17, 15) is 31.1 Å².